The van der Waals surface area contributed by atoms with Gasteiger partial charge < -0.3 is 19.8 Å². The summed E-state index contributed by atoms with van der Waals surface area (Å²) in [4.78, 5) is 38.6. The summed E-state index contributed by atoms with van der Waals surface area (Å²) in [6.45, 7) is 1.15. The van der Waals surface area contributed by atoms with Crippen molar-refractivity contribution >= 4 is 28.7 Å². The van der Waals surface area contributed by atoms with E-state index in [-0.39, 0.29) is 0 Å². The fraction of sp³-hybridized carbons (Fsp3) is 0.250. The van der Waals surface area contributed by atoms with Gasteiger partial charge in [0.25, 0.3) is 0 Å². The summed E-state index contributed by atoms with van der Waals surface area (Å²) in [6, 6.07) is 17.9. The van der Waals surface area contributed by atoms with Crippen LogP contribution in [0.2, 0.25) is 0 Å². The number of alkyl halides is 3. The molecule has 9 nitrogen and oxygen atoms in total. The van der Waals surface area contributed by atoms with E-state index < -0.39 is 30.5 Å². The fourth-order valence-corrected chi connectivity index (χ4v) is 4.03. The van der Waals surface area contributed by atoms with Crippen molar-refractivity contribution in [1.29, 1.82) is 0 Å². The van der Waals surface area contributed by atoms with Crippen LogP contribution >= 0.6 is 0 Å². The maximum atomic E-state index is 12.4. The average molecular weight is 558 g/mol. The molecule has 12 heteroatoms. The van der Waals surface area contributed by atoms with E-state index in [1.54, 1.807) is 42.7 Å². The van der Waals surface area contributed by atoms with Gasteiger partial charge in [-0.25, -0.2) is 24.3 Å². The van der Waals surface area contributed by atoms with Gasteiger partial charge in [0.05, 0.1) is 20.1 Å². The lowest BCUT2D eigenvalue weighted by Gasteiger charge is -2.17. The second-order valence-corrected chi connectivity index (χ2v) is 8.65. The van der Waals surface area contributed by atoms with Crippen LogP contribution in [0, 0.1) is 0 Å². The number of H-pyrrole nitrogens is 1. The van der Waals surface area contributed by atoms with E-state index in [1.165, 1.54) is 7.11 Å². The molecule has 4 aromatic rings. The molecule has 0 bridgehead atoms. The second kappa shape index (κ2) is 12.9. The number of anilines is 1. The number of ether oxygens (including phenoxy) is 2. The third kappa shape index (κ3) is 7.43. The topological polar surface area (TPSA) is 112 Å². The standard InChI is InChI=1S/C28H26F3N3O6/c1-37-19-8-6-18(7-9-19)22(16-26(35)39-40-27(36)28(29,30)31)23-17-34-24-15-20(10-11-21(23)24)38-14-4-13-33-25-5-2-3-12-32-25/h2-3,5-12,15,17,22,34H,4,13-14,16H2,1H3,(H,32,33). The van der Waals surface area contributed by atoms with Crippen molar-refractivity contribution in [3.8, 4) is 11.5 Å². The number of hydrogen-bond acceptors (Lipinski definition) is 8. The molecule has 2 aromatic carbocycles. The van der Waals surface area contributed by atoms with E-state index >= 15 is 0 Å². The van der Waals surface area contributed by atoms with Gasteiger partial charge in [0.15, 0.2) is 0 Å². The molecule has 0 fully saturated rings. The second-order valence-electron chi connectivity index (χ2n) is 8.65. The van der Waals surface area contributed by atoms with E-state index in [1.807, 2.05) is 30.3 Å². The zero-order valence-electron chi connectivity index (χ0n) is 21.4. The molecule has 0 saturated heterocycles. The van der Waals surface area contributed by atoms with Gasteiger partial charge in [-0.1, -0.05) is 18.2 Å². The van der Waals surface area contributed by atoms with Gasteiger partial charge >= 0.3 is 18.1 Å². The highest BCUT2D eigenvalue weighted by Gasteiger charge is 2.43. The molecule has 1 unspecified atom stereocenters. The van der Waals surface area contributed by atoms with Crippen molar-refractivity contribution in [3.63, 3.8) is 0 Å². The van der Waals surface area contributed by atoms with Crippen LogP contribution < -0.4 is 14.8 Å². The Morgan fingerprint density at radius 3 is 2.50 bits per heavy atom. The molecule has 40 heavy (non-hydrogen) atoms. The zero-order valence-corrected chi connectivity index (χ0v) is 21.4. The Bertz CT molecular complexity index is 1430. The molecule has 0 saturated carbocycles. The molecule has 0 aliphatic carbocycles. The lowest BCUT2D eigenvalue weighted by Crippen LogP contribution is -2.27. The smallest absolute Gasteiger partial charge is 0.495 e. The number of aromatic amines is 1. The third-order valence-corrected chi connectivity index (χ3v) is 5.95. The Hall–Kier alpha value is -4.74. The third-order valence-electron chi connectivity index (χ3n) is 5.95. The van der Waals surface area contributed by atoms with E-state index in [0.717, 1.165) is 23.1 Å². The van der Waals surface area contributed by atoms with Crippen LogP contribution in [0.1, 0.15) is 29.9 Å². The first-order valence-electron chi connectivity index (χ1n) is 12.3. The number of nitrogens with one attached hydrogen (secondary N) is 2. The number of carbonyl (C=O) groups is 2. The van der Waals surface area contributed by atoms with Gasteiger partial charge in [-0.05, 0) is 53.9 Å². The van der Waals surface area contributed by atoms with Crippen molar-refractivity contribution in [3.05, 3.63) is 84.2 Å². The number of aromatic nitrogens is 2. The van der Waals surface area contributed by atoms with E-state index in [0.29, 0.717) is 35.8 Å². The Labute approximate surface area is 227 Å². The van der Waals surface area contributed by atoms with E-state index in [4.69, 9.17) is 9.47 Å². The Morgan fingerprint density at radius 1 is 1.02 bits per heavy atom. The first-order valence-corrected chi connectivity index (χ1v) is 12.3. The maximum Gasteiger partial charge on any atom is 0.495 e. The normalized spacial score (nSPS) is 12.0. The molecular formula is C28H26F3N3O6. The molecule has 4 rings (SSSR count). The highest BCUT2D eigenvalue weighted by atomic mass is 19.4. The van der Waals surface area contributed by atoms with Crippen molar-refractivity contribution in [2.45, 2.75) is 24.9 Å². The molecule has 0 aliphatic rings. The number of methoxy groups -OCH3 is 1. The minimum Gasteiger partial charge on any atom is -0.497 e. The molecule has 210 valence electrons. The maximum absolute atomic E-state index is 12.4. The molecule has 2 heterocycles. The minimum atomic E-state index is -5.29. The van der Waals surface area contributed by atoms with E-state index in [9.17, 15) is 22.8 Å². The largest absolute Gasteiger partial charge is 0.497 e. The van der Waals surface area contributed by atoms with Crippen molar-refractivity contribution in [1.82, 2.24) is 9.97 Å². The number of halogens is 3. The van der Waals surface area contributed by atoms with Crippen LogP contribution in [0.4, 0.5) is 19.0 Å². The molecule has 0 amide bonds. The molecule has 0 aliphatic heterocycles. The van der Waals surface area contributed by atoms with Crippen LogP contribution in [0.5, 0.6) is 11.5 Å². The highest BCUT2D eigenvalue weighted by Crippen LogP contribution is 2.35. The van der Waals surface area contributed by atoms with Gasteiger partial charge in [0.2, 0.25) is 0 Å². The van der Waals surface area contributed by atoms with Crippen molar-refractivity contribution < 1.29 is 42.0 Å². The molecule has 0 radical (unpaired) electrons. The summed E-state index contributed by atoms with van der Waals surface area (Å²) in [5.74, 6) is -2.39. The number of rotatable bonds is 11. The summed E-state index contributed by atoms with van der Waals surface area (Å²) in [6.07, 6.45) is -1.53. The average Bonchev–Trinajstić information content (AvgIpc) is 3.37. The first-order chi connectivity index (χ1) is 19.2. The number of nitrogens with zero attached hydrogens (tertiary/aromatic N) is 1. The Balaban J connectivity index is 1.45. The number of carbonyl (C=O) groups excluding carboxylic acids is 2. The summed E-state index contributed by atoms with van der Waals surface area (Å²) >= 11 is 0. The summed E-state index contributed by atoms with van der Waals surface area (Å²) < 4.78 is 48.3. The highest BCUT2D eigenvalue weighted by molar-refractivity contribution is 5.86. The minimum absolute atomic E-state index is 0.397. The Kier molecular flexibility index (Phi) is 9.10. The van der Waals surface area contributed by atoms with Gasteiger partial charge in [-0.3, -0.25) is 0 Å². The SMILES string of the molecule is COc1ccc(C(CC(=O)OOC(=O)C(F)(F)F)c2c[nH]c3cc(OCCCNc4ccccn4)ccc23)cc1. The number of hydrogen-bond donors (Lipinski definition) is 2. The molecule has 2 aromatic heterocycles. The van der Waals surface area contributed by atoms with Gasteiger partial charge in [0.1, 0.15) is 17.3 Å². The lowest BCUT2D eigenvalue weighted by molar-refractivity contribution is -0.285. The van der Waals surface area contributed by atoms with Gasteiger partial charge in [-0.15, -0.1) is 0 Å². The monoisotopic (exact) mass is 557 g/mol. The van der Waals surface area contributed by atoms with Crippen LogP contribution in [-0.2, 0) is 19.4 Å². The van der Waals surface area contributed by atoms with Crippen LogP contribution in [0.3, 0.4) is 0 Å². The first kappa shape index (κ1) is 28.3. The fourth-order valence-electron chi connectivity index (χ4n) is 4.03. The van der Waals surface area contributed by atoms with Crippen molar-refractivity contribution in [2.75, 3.05) is 25.6 Å². The number of fused-ring (bicyclic) bond motifs is 1. The van der Waals surface area contributed by atoms with Crippen molar-refractivity contribution in [2.24, 2.45) is 0 Å². The van der Waals surface area contributed by atoms with Crippen LogP contribution in [0.25, 0.3) is 10.9 Å². The predicted octanol–water partition coefficient (Wildman–Crippen LogP) is 5.54. The van der Waals surface area contributed by atoms with Gasteiger partial charge in [-0.2, -0.15) is 13.2 Å². The lowest BCUT2D eigenvalue weighted by atomic mass is 9.88. The predicted molar refractivity (Wildman–Crippen MR) is 139 cm³/mol. The summed E-state index contributed by atoms with van der Waals surface area (Å²) in [7, 11) is 1.51. The molecule has 0 spiro atoms. The number of benzene rings is 2. The number of pyridine rings is 1. The quantitative estimate of drug-likeness (QED) is 0.141. The van der Waals surface area contributed by atoms with E-state index in [2.05, 4.69) is 25.1 Å². The molecule has 2 N–H and O–H groups in total. The van der Waals surface area contributed by atoms with Gasteiger partial charge in [0, 0.05) is 41.8 Å². The Morgan fingerprint density at radius 2 is 1.80 bits per heavy atom. The molecule has 1 atom stereocenters. The summed E-state index contributed by atoms with van der Waals surface area (Å²) in [5.41, 5.74) is 2.08. The van der Waals surface area contributed by atoms with Crippen LogP contribution in [-0.4, -0.2) is 48.3 Å². The molecular weight excluding hydrogens is 531 g/mol. The zero-order chi connectivity index (χ0) is 28.5. The van der Waals surface area contributed by atoms with Crippen LogP contribution in [0.15, 0.2) is 73.1 Å². The summed E-state index contributed by atoms with van der Waals surface area (Å²) in [5, 5.41) is 3.98.